The van der Waals surface area contributed by atoms with E-state index < -0.39 is 5.82 Å². The van der Waals surface area contributed by atoms with Crippen molar-refractivity contribution < 1.29 is 13.9 Å². The van der Waals surface area contributed by atoms with Crippen molar-refractivity contribution >= 4 is 17.5 Å². The number of likely N-dealkylation sites (tertiary alicyclic amines) is 1. The second-order valence-electron chi connectivity index (χ2n) is 7.94. The lowest BCUT2D eigenvalue weighted by Gasteiger charge is -2.26. The van der Waals surface area contributed by atoms with Gasteiger partial charge in [-0.2, -0.15) is 0 Å². The maximum atomic E-state index is 14.6. The number of urea groups is 1. The van der Waals surface area contributed by atoms with Crippen molar-refractivity contribution in [2.45, 2.75) is 19.4 Å². The third-order valence-corrected chi connectivity index (χ3v) is 5.83. The van der Waals surface area contributed by atoms with E-state index in [1.807, 2.05) is 16.8 Å². The number of hydrogen-bond donors (Lipinski definition) is 1. The van der Waals surface area contributed by atoms with Crippen molar-refractivity contribution in [2.24, 2.45) is 0 Å². The van der Waals surface area contributed by atoms with E-state index in [1.54, 1.807) is 23.1 Å². The molecule has 5 rings (SSSR count). The molecule has 2 aromatic heterocycles. The Bertz CT molecular complexity index is 1090. The number of fused-ring (bicyclic) bond motifs is 1. The maximum absolute atomic E-state index is 14.6. The molecule has 0 saturated carbocycles. The number of ether oxygens (including phenoxy) is 1. The van der Waals surface area contributed by atoms with E-state index in [0.29, 0.717) is 22.7 Å². The number of benzene rings is 1. The van der Waals surface area contributed by atoms with E-state index in [-0.39, 0.29) is 6.03 Å². The Hall–Kier alpha value is -3.04. The van der Waals surface area contributed by atoms with Gasteiger partial charge in [-0.3, -0.25) is 9.30 Å². The largest absolute Gasteiger partial charge is 0.379 e. The highest BCUT2D eigenvalue weighted by atomic mass is 19.1. The molecule has 0 radical (unpaired) electrons. The summed E-state index contributed by atoms with van der Waals surface area (Å²) in [6.07, 6.45) is 5.72. The molecule has 2 aliphatic heterocycles. The zero-order chi connectivity index (χ0) is 21.2. The van der Waals surface area contributed by atoms with Crippen LogP contribution in [0.3, 0.4) is 0 Å². The van der Waals surface area contributed by atoms with Crippen molar-refractivity contribution in [3.8, 4) is 11.3 Å². The van der Waals surface area contributed by atoms with Crippen molar-refractivity contribution in [2.75, 3.05) is 44.7 Å². The Morgan fingerprint density at radius 2 is 1.94 bits per heavy atom. The molecule has 0 bridgehead atoms. The van der Waals surface area contributed by atoms with Crippen molar-refractivity contribution in [1.29, 1.82) is 0 Å². The molecule has 162 valence electrons. The first kappa shape index (κ1) is 19.9. The molecule has 2 aliphatic rings. The van der Waals surface area contributed by atoms with Crippen molar-refractivity contribution in [3.05, 3.63) is 48.2 Å². The number of anilines is 1. The topological polar surface area (TPSA) is 75.0 Å². The van der Waals surface area contributed by atoms with Crippen LogP contribution >= 0.6 is 0 Å². The normalized spacial score (nSPS) is 17.4. The minimum absolute atomic E-state index is 0.153. The molecule has 0 unspecified atom stereocenters. The Balaban J connectivity index is 1.37. The zero-order valence-corrected chi connectivity index (χ0v) is 17.3. The fourth-order valence-corrected chi connectivity index (χ4v) is 4.10. The van der Waals surface area contributed by atoms with Gasteiger partial charge in [-0.15, -0.1) is 0 Å². The Kier molecular flexibility index (Phi) is 5.52. The Labute approximate surface area is 179 Å². The van der Waals surface area contributed by atoms with Crippen LogP contribution < -0.4 is 5.32 Å². The molecule has 31 heavy (non-hydrogen) atoms. The molecule has 1 N–H and O–H groups in total. The second kappa shape index (κ2) is 8.60. The van der Waals surface area contributed by atoms with Gasteiger partial charge in [-0.25, -0.2) is 19.2 Å². The summed E-state index contributed by atoms with van der Waals surface area (Å²) in [4.78, 5) is 25.4. The summed E-state index contributed by atoms with van der Waals surface area (Å²) in [5.74, 6) is 0.128. The van der Waals surface area contributed by atoms with Gasteiger partial charge in [0.1, 0.15) is 5.82 Å². The summed E-state index contributed by atoms with van der Waals surface area (Å²) in [7, 11) is 0. The van der Waals surface area contributed by atoms with E-state index in [2.05, 4.69) is 20.2 Å². The molecule has 9 heteroatoms. The minimum Gasteiger partial charge on any atom is -0.379 e. The molecule has 0 atom stereocenters. The smallest absolute Gasteiger partial charge is 0.321 e. The van der Waals surface area contributed by atoms with Gasteiger partial charge in [0.25, 0.3) is 0 Å². The lowest BCUT2D eigenvalue weighted by Crippen LogP contribution is -2.35. The predicted octanol–water partition coefficient (Wildman–Crippen LogP) is 3.00. The number of amides is 2. The summed E-state index contributed by atoms with van der Waals surface area (Å²) < 4.78 is 21.9. The molecular weight excluding hydrogens is 399 g/mol. The molecule has 0 aliphatic carbocycles. The quantitative estimate of drug-likeness (QED) is 0.697. The number of carbonyl (C=O) groups is 1. The highest BCUT2D eigenvalue weighted by Crippen LogP contribution is 2.26. The number of halogens is 1. The highest BCUT2D eigenvalue weighted by molar-refractivity contribution is 5.90. The van der Waals surface area contributed by atoms with Gasteiger partial charge in [0.15, 0.2) is 0 Å². The lowest BCUT2D eigenvalue weighted by atomic mass is 10.1. The average molecular weight is 424 g/mol. The van der Waals surface area contributed by atoms with Gasteiger partial charge in [-0.1, -0.05) is 0 Å². The average Bonchev–Trinajstić information content (AvgIpc) is 3.46. The summed E-state index contributed by atoms with van der Waals surface area (Å²) in [6.45, 7) is 5.53. The molecule has 2 saturated heterocycles. The number of morpholine rings is 1. The molecule has 2 fully saturated rings. The van der Waals surface area contributed by atoms with E-state index in [0.717, 1.165) is 64.5 Å². The van der Waals surface area contributed by atoms with Crippen LogP contribution in [-0.2, 0) is 11.3 Å². The van der Waals surface area contributed by atoms with Gasteiger partial charge in [0.05, 0.1) is 30.8 Å². The standard InChI is InChI=1S/C22H25FN6O2/c23-19-4-3-16(25-22(30)28-6-1-2-7-28)13-18(19)20-5-8-29-17(14-24-21(29)26-20)15-27-9-11-31-12-10-27/h3-5,8,13-14H,1-2,6-7,9-12,15H2,(H,25,30). The SMILES string of the molecule is O=C(Nc1ccc(F)c(-c2ccn3c(CN4CCOCC4)cnc3n2)c1)N1CCCC1. The van der Waals surface area contributed by atoms with Crippen LogP contribution in [0, 0.1) is 5.82 Å². The molecule has 4 heterocycles. The number of nitrogens with zero attached hydrogens (tertiary/aromatic N) is 5. The maximum Gasteiger partial charge on any atom is 0.321 e. The van der Waals surface area contributed by atoms with Gasteiger partial charge in [0.2, 0.25) is 5.78 Å². The van der Waals surface area contributed by atoms with E-state index in [1.165, 1.54) is 6.07 Å². The fraction of sp³-hybridized carbons (Fsp3) is 0.409. The van der Waals surface area contributed by atoms with Crippen LogP contribution in [0.15, 0.2) is 36.7 Å². The van der Waals surface area contributed by atoms with E-state index in [9.17, 15) is 9.18 Å². The van der Waals surface area contributed by atoms with Crippen LogP contribution in [0.2, 0.25) is 0 Å². The number of rotatable bonds is 4. The van der Waals surface area contributed by atoms with Crippen molar-refractivity contribution in [1.82, 2.24) is 24.2 Å². The van der Waals surface area contributed by atoms with E-state index in [4.69, 9.17) is 4.74 Å². The summed E-state index contributed by atoms with van der Waals surface area (Å²) >= 11 is 0. The number of hydrogen-bond acceptors (Lipinski definition) is 5. The van der Waals surface area contributed by atoms with Crippen LogP contribution in [0.1, 0.15) is 18.5 Å². The highest BCUT2D eigenvalue weighted by Gasteiger charge is 2.19. The van der Waals surface area contributed by atoms with Crippen LogP contribution in [0.25, 0.3) is 17.0 Å². The van der Waals surface area contributed by atoms with Gasteiger partial charge in [0, 0.05) is 50.2 Å². The minimum atomic E-state index is -0.392. The first-order valence-electron chi connectivity index (χ1n) is 10.7. The Morgan fingerprint density at radius 3 is 2.74 bits per heavy atom. The molecule has 8 nitrogen and oxygen atoms in total. The van der Waals surface area contributed by atoms with E-state index >= 15 is 0 Å². The first-order valence-corrected chi connectivity index (χ1v) is 10.7. The molecule has 0 spiro atoms. The third kappa shape index (κ3) is 4.24. The first-order chi connectivity index (χ1) is 15.2. The van der Waals surface area contributed by atoms with Gasteiger partial charge < -0.3 is 15.0 Å². The molecule has 3 aromatic rings. The summed E-state index contributed by atoms with van der Waals surface area (Å²) in [5, 5.41) is 2.86. The van der Waals surface area contributed by atoms with Crippen LogP contribution in [0.4, 0.5) is 14.9 Å². The Morgan fingerprint density at radius 1 is 1.13 bits per heavy atom. The summed E-state index contributed by atoms with van der Waals surface area (Å²) in [5.41, 5.74) is 2.39. The molecule has 2 amide bonds. The zero-order valence-electron chi connectivity index (χ0n) is 17.3. The molecule has 1 aromatic carbocycles. The van der Waals surface area contributed by atoms with Crippen LogP contribution in [0.5, 0.6) is 0 Å². The summed E-state index contributed by atoms with van der Waals surface area (Å²) in [6, 6.07) is 6.18. The lowest BCUT2D eigenvalue weighted by molar-refractivity contribution is 0.0335. The van der Waals surface area contributed by atoms with Crippen LogP contribution in [-0.4, -0.2) is 69.6 Å². The number of imidazole rings is 1. The molecular formula is C22H25FN6O2. The second-order valence-corrected chi connectivity index (χ2v) is 7.94. The number of carbonyl (C=O) groups excluding carboxylic acids is 1. The third-order valence-electron chi connectivity index (χ3n) is 5.83. The number of nitrogens with one attached hydrogen (secondary N) is 1. The van der Waals surface area contributed by atoms with Crippen molar-refractivity contribution in [3.63, 3.8) is 0 Å². The van der Waals surface area contributed by atoms with Gasteiger partial charge >= 0.3 is 6.03 Å². The van der Waals surface area contributed by atoms with Gasteiger partial charge in [-0.05, 0) is 37.1 Å². The monoisotopic (exact) mass is 424 g/mol. The fourth-order valence-electron chi connectivity index (χ4n) is 4.10. The number of aromatic nitrogens is 3. The predicted molar refractivity (Wildman–Crippen MR) is 114 cm³/mol.